The Bertz CT molecular complexity index is 1370. The topological polar surface area (TPSA) is 94.6 Å². The van der Waals surface area contributed by atoms with E-state index < -0.39 is 11.7 Å². The lowest BCUT2D eigenvalue weighted by Gasteiger charge is -2.16. The van der Waals surface area contributed by atoms with E-state index in [1.807, 2.05) is 0 Å². The number of nitrogens with zero attached hydrogens (tertiary/aromatic N) is 2. The van der Waals surface area contributed by atoms with Gasteiger partial charge in [-0.25, -0.2) is 9.37 Å². The Labute approximate surface area is 199 Å². The van der Waals surface area contributed by atoms with Crippen molar-refractivity contribution in [3.8, 4) is 17.2 Å². The van der Waals surface area contributed by atoms with Crippen LogP contribution in [0.2, 0.25) is 5.28 Å². The van der Waals surface area contributed by atoms with Crippen molar-refractivity contribution < 1.29 is 23.4 Å². The van der Waals surface area contributed by atoms with E-state index in [9.17, 15) is 9.18 Å². The summed E-state index contributed by atoms with van der Waals surface area (Å²) in [6.45, 7) is 0. The molecule has 1 heterocycles. The summed E-state index contributed by atoms with van der Waals surface area (Å²) in [4.78, 5) is 21.0. The third-order valence-electron chi connectivity index (χ3n) is 4.98. The summed E-state index contributed by atoms with van der Waals surface area (Å²) in [6.07, 6.45) is 0. The molecule has 2 N–H and O–H groups in total. The van der Waals surface area contributed by atoms with E-state index in [2.05, 4.69) is 20.6 Å². The average Bonchev–Trinajstić information content (AvgIpc) is 2.85. The lowest BCUT2D eigenvalue weighted by atomic mass is 10.1. The Morgan fingerprint density at radius 2 is 1.68 bits per heavy atom. The molecule has 0 bridgehead atoms. The number of halogens is 2. The molecule has 0 aliphatic carbocycles. The minimum absolute atomic E-state index is 0.000132. The first kappa shape index (κ1) is 23.1. The van der Waals surface area contributed by atoms with Crippen LogP contribution in [0.3, 0.4) is 0 Å². The van der Waals surface area contributed by atoms with Gasteiger partial charge in [-0.05, 0) is 48.0 Å². The molecular formula is C24H20ClFN4O4. The number of methoxy groups -OCH3 is 3. The predicted molar refractivity (Wildman–Crippen MR) is 128 cm³/mol. The van der Waals surface area contributed by atoms with Crippen molar-refractivity contribution in [3.05, 3.63) is 71.3 Å². The highest BCUT2D eigenvalue weighted by Gasteiger charge is 2.21. The summed E-state index contributed by atoms with van der Waals surface area (Å²) >= 11 is 6.17. The molecule has 8 nitrogen and oxygen atoms in total. The second-order valence-electron chi connectivity index (χ2n) is 7.02. The van der Waals surface area contributed by atoms with E-state index in [0.29, 0.717) is 45.2 Å². The first-order valence-corrected chi connectivity index (χ1v) is 10.4. The molecule has 1 aromatic heterocycles. The number of aromatic nitrogens is 2. The molecule has 174 valence electrons. The summed E-state index contributed by atoms with van der Waals surface area (Å²) in [5.74, 6) is 0.365. The van der Waals surface area contributed by atoms with Crippen LogP contribution in [0.25, 0.3) is 10.9 Å². The number of anilines is 3. The van der Waals surface area contributed by atoms with E-state index >= 15 is 0 Å². The van der Waals surface area contributed by atoms with Crippen molar-refractivity contribution in [2.45, 2.75) is 0 Å². The number of benzene rings is 3. The van der Waals surface area contributed by atoms with Gasteiger partial charge in [0.25, 0.3) is 5.91 Å². The highest BCUT2D eigenvalue weighted by Crippen LogP contribution is 2.44. The number of nitrogens with one attached hydrogen (secondary N) is 2. The van der Waals surface area contributed by atoms with E-state index in [1.165, 1.54) is 39.5 Å². The maximum atomic E-state index is 14.4. The van der Waals surface area contributed by atoms with Gasteiger partial charge in [0.15, 0.2) is 11.5 Å². The summed E-state index contributed by atoms with van der Waals surface area (Å²) in [6, 6.07) is 14.4. The maximum absolute atomic E-state index is 14.4. The number of hydrogen-bond acceptors (Lipinski definition) is 7. The molecular weight excluding hydrogens is 463 g/mol. The van der Waals surface area contributed by atoms with Crippen LogP contribution < -0.4 is 24.8 Å². The van der Waals surface area contributed by atoms with E-state index in [0.717, 1.165) is 0 Å². The second-order valence-corrected chi connectivity index (χ2v) is 7.36. The fraction of sp³-hybridized carbons (Fsp3) is 0.125. The van der Waals surface area contributed by atoms with Gasteiger partial charge < -0.3 is 24.8 Å². The zero-order valence-electron chi connectivity index (χ0n) is 18.5. The third-order valence-corrected chi connectivity index (χ3v) is 5.15. The number of hydrogen-bond donors (Lipinski definition) is 2. The molecule has 0 spiro atoms. The number of carbonyl (C=O) groups excluding carboxylic acids is 1. The number of carbonyl (C=O) groups is 1. The fourth-order valence-electron chi connectivity index (χ4n) is 3.42. The molecule has 4 aromatic rings. The van der Waals surface area contributed by atoms with Gasteiger partial charge in [0.1, 0.15) is 17.2 Å². The number of rotatable bonds is 7. The van der Waals surface area contributed by atoms with Crippen molar-refractivity contribution >= 4 is 45.6 Å². The summed E-state index contributed by atoms with van der Waals surface area (Å²) < 4.78 is 30.8. The quantitative estimate of drug-likeness (QED) is 0.338. The van der Waals surface area contributed by atoms with E-state index in [1.54, 1.807) is 36.4 Å². The summed E-state index contributed by atoms with van der Waals surface area (Å²) in [7, 11) is 4.45. The van der Waals surface area contributed by atoms with Crippen LogP contribution in [0.4, 0.5) is 21.6 Å². The van der Waals surface area contributed by atoms with Gasteiger partial charge in [-0.15, -0.1) is 0 Å². The van der Waals surface area contributed by atoms with E-state index in [-0.39, 0.29) is 11.0 Å². The van der Waals surface area contributed by atoms with Crippen molar-refractivity contribution in [1.29, 1.82) is 0 Å². The number of ether oxygens (including phenoxy) is 3. The molecule has 1 amide bonds. The van der Waals surface area contributed by atoms with Gasteiger partial charge >= 0.3 is 0 Å². The minimum Gasteiger partial charge on any atom is -0.493 e. The smallest absolute Gasteiger partial charge is 0.255 e. The molecule has 4 rings (SSSR count). The minimum atomic E-state index is -0.589. The molecule has 0 unspecified atom stereocenters. The predicted octanol–water partition coefficient (Wildman–Crippen LogP) is 5.44. The van der Waals surface area contributed by atoms with Crippen LogP contribution in [0.15, 0.2) is 54.6 Å². The van der Waals surface area contributed by atoms with Gasteiger partial charge in [-0.2, -0.15) is 4.98 Å². The molecule has 0 aliphatic rings. The molecule has 0 atom stereocenters. The second kappa shape index (κ2) is 9.80. The average molecular weight is 483 g/mol. The largest absolute Gasteiger partial charge is 0.493 e. The highest BCUT2D eigenvalue weighted by molar-refractivity contribution is 6.29. The normalized spacial score (nSPS) is 10.6. The Balaban J connectivity index is 1.74. The van der Waals surface area contributed by atoms with Gasteiger partial charge in [0.05, 0.1) is 32.4 Å². The first-order valence-electron chi connectivity index (χ1n) is 10.0. The van der Waals surface area contributed by atoms with Crippen LogP contribution >= 0.6 is 11.6 Å². The summed E-state index contributed by atoms with van der Waals surface area (Å²) in [5.41, 5.74) is 1.25. The standard InChI is InChI=1S/C24H20ClFN4O4/c1-32-18-12-15-19(21(34-3)20(18)33-2)29-24(25)30-22(15)27-14-9-10-16(26)17(11-14)28-23(31)13-7-5-4-6-8-13/h4-12H,1-3H3,(H,28,31)(H,27,29,30). The fourth-order valence-corrected chi connectivity index (χ4v) is 3.59. The Morgan fingerprint density at radius 1 is 0.941 bits per heavy atom. The van der Waals surface area contributed by atoms with Crippen molar-refractivity contribution in [1.82, 2.24) is 9.97 Å². The molecule has 10 heteroatoms. The molecule has 34 heavy (non-hydrogen) atoms. The van der Waals surface area contributed by atoms with Gasteiger partial charge in [0.2, 0.25) is 11.0 Å². The van der Waals surface area contributed by atoms with Crippen LogP contribution in [0.1, 0.15) is 10.4 Å². The van der Waals surface area contributed by atoms with Crippen molar-refractivity contribution in [2.24, 2.45) is 0 Å². The van der Waals surface area contributed by atoms with Crippen LogP contribution in [0, 0.1) is 5.82 Å². The van der Waals surface area contributed by atoms with Gasteiger partial charge in [0, 0.05) is 11.3 Å². The summed E-state index contributed by atoms with van der Waals surface area (Å²) in [5, 5.41) is 6.17. The maximum Gasteiger partial charge on any atom is 0.255 e. The van der Waals surface area contributed by atoms with Crippen LogP contribution in [0.5, 0.6) is 17.2 Å². The lowest BCUT2D eigenvalue weighted by Crippen LogP contribution is -2.13. The van der Waals surface area contributed by atoms with Crippen molar-refractivity contribution in [3.63, 3.8) is 0 Å². The zero-order chi connectivity index (χ0) is 24.2. The Hall–Kier alpha value is -4.11. The molecule has 3 aromatic carbocycles. The monoisotopic (exact) mass is 482 g/mol. The lowest BCUT2D eigenvalue weighted by molar-refractivity contribution is 0.102. The molecule has 0 aliphatic heterocycles. The van der Waals surface area contributed by atoms with E-state index in [4.69, 9.17) is 25.8 Å². The zero-order valence-corrected chi connectivity index (χ0v) is 19.2. The van der Waals surface area contributed by atoms with Crippen LogP contribution in [-0.4, -0.2) is 37.2 Å². The molecule has 0 radical (unpaired) electrons. The van der Waals surface area contributed by atoms with Crippen LogP contribution in [-0.2, 0) is 0 Å². The van der Waals surface area contributed by atoms with Gasteiger partial charge in [-0.1, -0.05) is 18.2 Å². The molecule has 0 saturated heterocycles. The molecule has 0 fully saturated rings. The number of amides is 1. The van der Waals surface area contributed by atoms with Crippen molar-refractivity contribution in [2.75, 3.05) is 32.0 Å². The molecule has 0 saturated carbocycles. The third kappa shape index (κ3) is 4.51. The SMILES string of the molecule is COc1cc2c(Nc3ccc(F)c(NC(=O)c4ccccc4)c3)nc(Cl)nc2c(OC)c1OC. The highest BCUT2D eigenvalue weighted by atomic mass is 35.5. The number of fused-ring (bicyclic) bond motifs is 1. The van der Waals surface area contributed by atoms with Gasteiger partial charge in [-0.3, -0.25) is 4.79 Å². The Morgan fingerprint density at radius 3 is 2.35 bits per heavy atom. The Kier molecular flexibility index (Phi) is 6.65. The first-order chi connectivity index (χ1) is 16.4.